The Hall–Kier alpha value is -3.67. The van der Waals surface area contributed by atoms with Crippen LogP contribution >= 0.6 is 0 Å². The summed E-state index contributed by atoms with van der Waals surface area (Å²) in [5, 5.41) is 5.77. The molecule has 0 fully saturated rings. The van der Waals surface area contributed by atoms with Gasteiger partial charge < -0.3 is 15.4 Å². The van der Waals surface area contributed by atoms with Gasteiger partial charge in [-0.15, -0.1) is 0 Å². The van der Waals surface area contributed by atoms with E-state index in [9.17, 15) is 14.0 Å². The second-order valence-electron chi connectivity index (χ2n) is 6.74. The molecule has 0 radical (unpaired) electrons. The second kappa shape index (κ2) is 8.14. The number of hydrogen-bond donors (Lipinski definition) is 2. The molecule has 1 aliphatic heterocycles. The highest BCUT2D eigenvalue weighted by Crippen LogP contribution is 2.31. The van der Waals surface area contributed by atoms with Crippen LogP contribution in [0.5, 0.6) is 5.75 Å². The van der Waals surface area contributed by atoms with E-state index in [1.807, 2.05) is 24.3 Å². The van der Waals surface area contributed by atoms with E-state index in [-0.39, 0.29) is 17.9 Å². The van der Waals surface area contributed by atoms with Crippen molar-refractivity contribution in [3.8, 4) is 5.75 Å². The minimum absolute atomic E-state index is 0.134. The summed E-state index contributed by atoms with van der Waals surface area (Å²) in [7, 11) is 0. The number of anilines is 1. The highest BCUT2D eigenvalue weighted by atomic mass is 19.1. The molecule has 4 rings (SSSR count). The highest BCUT2D eigenvalue weighted by Gasteiger charge is 2.23. The number of ether oxygens (including phenoxy) is 1. The average molecular weight is 390 g/mol. The van der Waals surface area contributed by atoms with Crippen LogP contribution < -0.4 is 15.4 Å². The maximum absolute atomic E-state index is 13.0. The topological polar surface area (TPSA) is 67.4 Å². The van der Waals surface area contributed by atoms with Crippen LogP contribution in [-0.2, 0) is 0 Å². The van der Waals surface area contributed by atoms with E-state index in [0.717, 1.165) is 11.3 Å². The summed E-state index contributed by atoms with van der Waals surface area (Å²) in [5.74, 6) is -0.232. The Morgan fingerprint density at radius 2 is 1.69 bits per heavy atom. The molecule has 1 aliphatic rings. The summed E-state index contributed by atoms with van der Waals surface area (Å²) in [6.45, 7) is 0.537. The molecule has 0 saturated carbocycles. The fourth-order valence-electron chi connectivity index (χ4n) is 3.28. The summed E-state index contributed by atoms with van der Waals surface area (Å²) < 4.78 is 18.7. The average Bonchev–Trinajstić information content (AvgIpc) is 2.74. The molecular formula is C23H19FN2O3. The number of rotatable bonds is 4. The van der Waals surface area contributed by atoms with Crippen LogP contribution in [0.3, 0.4) is 0 Å². The van der Waals surface area contributed by atoms with E-state index in [2.05, 4.69) is 10.6 Å². The fraction of sp³-hybridized carbons (Fsp3) is 0.130. The van der Waals surface area contributed by atoms with Crippen molar-refractivity contribution in [2.45, 2.75) is 12.5 Å². The molecule has 3 aromatic rings. The standard InChI is InChI=1S/C23H19FN2O3/c24-17-10-8-15(9-11-17)22(27)25-18-5-3-4-16(14-18)23(28)26-20-12-13-29-21-7-2-1-6-19(20)21/h1-11,14,20H,12-13H2,(H,25,27)(H,26,28). The van der Waals surface area contributed by atoms with E-state index >= 15 is 0 Å². The number of benzene rings is 3. The van der Waals surface area contributed by atoms with Gasteiger partial charge in [-0.1, -0.05) is 24.3 Å². The fourth-order valence-corrected chi connectivity index (χ4v) is 3.28. The quantitative estimate of drug-likeness (QED) is 0.697. The first-order chi connectivity index (χ1) is 14.1. The predicted molar refractivity (Wildman–Crippen MR) is 108 cm³/mol. The molecule has 6 heteroatoms. The third-order valence-electron chi connectivity index (χ3n) is 4.75. The molecule has 3 aromatic carbocycles. The number of para-hydroxylation sites is 1. The van der Waals surface area contributed by atoms with Crippen LogP contribution in [0, 0.1) is 5.82 Å². The third kappa shape index (κ3) is 4.27. The zero-order chi connectivity index (χ0) is 20.2. The van der Waals surface area contributed by atoms with E-state index < -0.39 is 5.82 Å². The van der Waals surface area contributed by atoms with E-state index in [1.54, 1.807) is 24.3 Å². The number of fused-ring (bicyclic) bond motifs is 1. The molecule has 0 aliphatic carbocycles. The molecule has 29 heavy (non-hydrogen) atoms. The van der Waals surface area contributed by atoms with Crippen molar-refractivity contribution in [3.63, 3.8) is 0 Å². The molecule has 1 unspecified atom stereocenters. The Balaban J connectivity index is 1.46. The lowest BCUT2D eigenvalue weighted by Gasteiger charge is -2.26. The van der Waals surface area contributed by atoms with Crippen molar-refractivity contribution in [3.05, 3.63) is 95.3 Å². The Bertz CT molecular complexity index is 1050. The lowest BCUT2D eigenvalue weighted by atomic mass is 10.00. The van der Waals surface area contributed by atoms with Crippen molar-refractivity contribution >= 4 is 17.5 Å². The molecule has 146 valence electrons. The number of hydrogen-bond acceptors (Lipinski definition) is 3. The van der Waals surface area contributed by atoms with Crippen molar-refractivity contribution in [2.75, 3.05) is 11.9 Å². The minimum Gasteiger partial charge on any atom is -0.493 e. The highest BCUT2D eigenvalue weighted by molar-refractivity contribution is 6.05. The van der Waals surface area contributed by atoms with Crippen molar-refractivity contribution in [2.24, 2.45) is 0 Å². The van der Waals surface area contributed by atoms with Gasteiger partial charge in [0.2, 0.25) is 0 Å². The number of amides is 2. The summed E-state index contributed by atoms with van der Waals surface area (Å²) in [5.41, 5.74) is 2.21. The van der Waals surface area contributed by atoms with Gasteiger partial charge in [-0.25, -0.2) is 4.39 Å². The van der Waals surface area contributed by atoms with Gasteiger partial charge in [0.1, 0.15) is 11.6 Å². The molecule has 2 N–H and O–H groups in total. The third-order valence-corrected chi connectivity index (χ3v) is 4.75. The predicted octanol–water partition coefficient (Wildman–Crippen LogP) is 4.33. The van der Waals surface area contributed by atoms with E-state index in [4.69, 9.17) is 4.74 Å². The lowest BCUT2D eigenvalue weighted by molar-refractivity contribution is 0.0923. The van der Waals surface area contributed by atoms with Crippen LogP contribution in [0.2, 0.25) is 0 Å². The van der Waals surface area contributed by atoms with Gasteiger partial charge in [-0.05, 0) is 48.5 Å². The number of nitrogens with one attached hydrogen (secondary N) is 2. The van der Waals surface area contributed by atoms with Gasteiger partial charge in [0.25, 0.3) is 11.8 Å². The normalized spacial score (nSPS) is 15.0. The molecule has 0 saturated heterocycles. The minimum atomic E-state index is -0.407. The first-order valence-corrected chi connectivity index (χ1v) is 9.30. The maximum Gasteiger partial charge on any atom is 0.255 e. The lowest BCUT2D eigenvalue weighted by Crippen LogP contribution is -2.32. The molecule has 5 nitrogen and oxygen atoms in total. The van der Waals surface area contributed by atoms with Crippen LogP contribution in [0.1, 0.15) is 38.7 Å². The van der Waals surface area contributed by atoms with Gasteiger partial charge in [-0.2, -0.15) is 0 Å². The summed E-state index contributed by atoms with van der Waals surface area (Å²) in [6.07, 6.45) is 0.684. The van der Waals surface area contributed by atoms with Crippen LogP contribution in [0.25, 0.3) is 0 Å². The van der Waals surface area contributed by atoms with E-state index in [1.165, 1.54) is 24.3 Å². The zero-order valence-corrected chi connectivity index (χ0v) is 15.5. The molecule has 1 heterocycles. The van der Waals surface area contributed by atoms with Gasteiger partial charge in [0.05, 0.1) is 12.6 Å². The van der Waals surface area contributed by atoms with Gasteiger partial charge in [-0.3, -0.25) is 9.59 Å². The molecule has 0 bridgehead atoms. The number of halogens is 1. The molecule has 1 atom stereocenters. The van der Waals surface area contributed by atoms with Gasteiger partial charge in [0, 0.05) is 28.8 Å². The molecule has 0 spiro atoms. The second-order valence-corrected chi connectivity index (χ2v) is 6.74. The van der Waals surface area contributed by atoms with Crippen LogP contribution in [0.15, 0.2) is 72.8 Å². The SMILES string of the molecule is O=C(Nc1cccc(C(=O)NC2CCOc3ccccc32)c1)c1ccc(F)cc1. The van der Waals surface area contributed by atoms with Crippen LogP contribution in [0.4, 0.5) is 10.1 Å². The summed E-state index contributed by atoms with van der Waals surface area (Å²) in [6, 6.07) is 19.5. The van der Waals surface area contributed by atoms with Crippen molar-refractivity contribution < 1.29 is 18.7 Å². The number of carbonyl (C=O) groups is 2. The smallest absolute Gasteiger partial charge is 0.255 e. The molecular weight excluding hydrogens is 371 g/mol. The van der Waals surface area contributed by atoms with Crippen LogP contribution in [-0.4, -0.2) is 18.4 Å². The summed E-state index contributed by atoms with van der Waals surface area (Å²) in [4.78, 5) is 25.1. The Morgan fingerprint density at radius 3 is 2.52 bits per heavy atom. The maximum atomic E-state index is 13.0. The molecule has 0 aromatic heterocycles. The zero-order valence-electron chi connectivity index (χ0n) is 15.5. The van der Waals surface area contributed by atoms with Crippen molar-refractivity contribution in [1.82, 2.24) is 5.32 Å². The van der Waals surface area contributed by atoms with E-state index in [0.29, 0.717) is 29.8 Å². The Kier molecular flexibility index (Phi) is 5.24. The molecule has 2 amide bonds. The van der Waals surface area contributed by atoms with Crippen molar-refractivity contribution in [1.29, 1.82) is 0 Å². The Labute approximate surface area is 167 Å². The summed E-state index contributed by atoms with van der Waals surface area (Å²) >= 11 is 0. The Morgan fingerprint density at radius 1 is 0.897 bits per heavy atom. The first kappa shape index (κ1) is 18.7. The largest absolute Gasteiger partial charge is 0.493 e. The van der Waals surface area contributed by atoms with Gasteiger partial charge in [0.15, 0.2) is 0 Å². The van der Waals surface area contributed by atoms with Gasteiger partial charge >= 0.3 is 0 Å². The number of carbonyl (C=O) groups excluding carboxylic acids is 2. The first-order valence-electron chi connectivity index (χ1n) is 9.30. The monoisotopic (exact) mass is 390 g/mol.